The van der Waals surface area contributed by atoms with E-state index in [2.05, 4.69) is 4.98 Å². The topological polar surface area (TPSA) is 56.4 Å². The van der Waals surface area contributed by atoms with E-state index in [4.69, 9.17) is 0 Å². The second kappa shape index (κ2) is 4.35. The Labute approximate surface area is 128 Å². The Morgan fingerprint density at radius 2 is 2.05 bits per heavy atom. The third kappa shape index (κ3) is 1.48. The number of rotatable bonds is 1. The van der Waals surface area contributed by atoms with Gasteiger partial charge in [0.05, 0.1) is 0 Å². The quantitative estimate of drug-likeness (QED) is 0.873. The molecule has 5 heteroatoms. The first kappa shape index (κ1) is 13.4. The van der Waals surface area contributed by atoms with Crippen LogP contribution in [0.25, 0.3) is 10.9 Å². The molecule has 0 bridgehead atoms. The molecule has 2 saturated heterocycles. The number of fused-ring (bicyclic) bond motifs is 2. The van der Waals surface area contributed by atoms with Crippen LogP contribution in [-0.4, -0.2) is 46.2 Å². The van der Waals surface area contributed by atoms with Gasteiger partial charge in [-0.15, -0.1) is 0 Å². The fourth-order valence-corrected chi connectivity index (χ4v) is 3.90. The summed E-state index contributed by atoms with van der Waals surface area (Å²) < 4.78 is 0. The normalized spacial score (nSPS) is 28.5. The van der Waals surface area contributed by atoms with Crippen molar-refractivity contribution in [3.63, 3.8) is 0 Å². The molecule has 2 aliphatic rings. The average molecular weight is 297 g/mol. The van der Waals surface area contributed by atoms with Gasteiger partial charge in [0.2, 0.25) is 5.91 Å². The maximum atomic E-state index is 13.1. The number of hydrogen-bond donors (Lipinski definition) is 1. The number of carbonyl (C=O) groups excluding carboxylic acids is 2. The highest BCUT2D eigenvalue weighted by Gasteiger charge is 2.54. The minimum absolute atomic E-state index is 0.0295. The van der Waals surface area contributed by atoms with Crippen molar-refractivity contribution >= 4 is 22.7 Å². The first-order valence-corrected chi connectivity index (χ1v) is 7.70. The Bertz CT molecular complexity index is 781. The number of likely N-dealkylation sites (N-methyl/N-ethyl adjacent to an activating group) is 1. The molecule has 1 aromatic heterocycles. The van der Waals surface area contributed by atoms with Crippen molar-refractivity contribution < 1.29 is 9.59 Å². The van der Waals surface area contributed by atoms with Crippen molar-refractivity contribution in [2.24, 2.45) is 0 Å². The van der Waals surface area contributed by atoms with Crippen LogP contribution in [0, 0.1) is 0 Å². The van der Waals surface area contributed by atoms with E-state index in [1.807, 2.05) is 37.4 Å². The number of hydrogen-bond acceptors (Lipinski definition) is 2. The van der Waals surface area contributed by atoms with Crippen molar-refractivity contribution in [3.8, 4) is 0 Å². The molecule has 0 saturated carbocycles. The number of aromatic nitrogens is 1. The number of aromatic amines is 1. The summed E-state index contributed by atoms with van der Waals surface area (Å²) >= 11 is 0. The number of amides is 2. The van der Waals surface area contributed by atoms with Gasteiger partial charge in [-0.2, -0.15) is 0 Å². The van der Waals surface area contributed by atoms with Crippen LogP contribution < -0.4 is 0 Å². The lowest BCUT2D eigenvalue weighted by Crippen LogP contribution is -2.66. The maximum Gasteiger partial charge on any atom is 0.253 e. The zero-order valence-corrected chi connectivity index (χ0v) is 12.8. The van der Waals surface area contributed by atoms with Crippen LogP contribution in [0.1, 0.15) is 25.3 Å². The molecule has 0 aliphatic carbocycles. The highest BCUT2D eigenvalue weighted by Crippen LogP contribution is 2.40. The van der Waals surface area contributed by atoms with Gasteiger partial charge in [-0.3, -0.25) is 9.59 Å². The Balaban J connectivity index is 1.91. The standard InChI is InChI=1S/C17H19N3O2/c1-17(12-10-18-13-7-4-3-6-11(12)13)16(22)20-9-5-8-14(20)15(21)19(17)2/h3-4,6-7,10,14,18H,5,8-9H2,1-2H3/t14-,17-/m0/s1. The number of para-hydroxylation sites is 1. The van der Waals surface area contributed by atoms with Crippen molar-refractivity contribution in [2.45, 2.75) is 31.3 Å². The molecule has 2 atom stereocenters. The molecular weight excluding hydrogens is 278 g/mol. The molecular formula is C17H19N3O2. The van der Waals surface area contributed by atoms with Gasteiger partial charge in [-0.1, -0.05) is 18.2 Å². The van der Waals surface area contributed by atoms with Gasteiger partial charge in [-0.05, 0) is 25.8 Å². The summed E-state index contributed by atoms with van der Waals surface area (Å²) in [4.78, 5) is 32.5. The number of piperazine rings is 1. The van der Waals surface area contributed by atoms with E-state index in [9.17, 15) is 9.59 Å². The molecule has 5 nitrogen and oxygen atoms in total. The monoisotopic (exact) mass is 297 g/mol. The summed E-state index contributed by atoms with van der Waals surface area (Å²) in [6.45, 7) is 2.54. The van der Waals surface area contributed by atoms with E-state index < -0.39 is 5.54 Å². The molecule has 1 aromatic carbocycles. The maximum absolute atomic E-state index is 13.1. The average Bonchev–Trinajstić information content (AvgIpc) is 3.17. The van der Waals surface area contributed by atoms with Gasteiger partial charge in [0, 0.05) is 36.3 Å². The molecule has 0 radical (unpaired) electrons. The fourth-order valence-electron chi connectivity index (χ4n) is 3.90. The first-order chi connectivity index (χ1) is 10.5. The van der Waals surface area contributed by atoms with Crippen molar-refractivity contribution in [1.29, 1.82) is 0 Å². The summed E-state index contributed by atoms with van der Waals surface area (Å²) in [7, 11) is 1.75. The largest absolute Gasteiger partial charge is 0.361 e. The summed E-state index contributed by atoms with van der Waals surface area (Å²) in [6, 6.07) is 7.62. The molecule has 0 unspecified atom stereocenters. The summed E-state index contributed by atoms with van der Waals surface area (Å²) in [5.74, 6) is 0.0757. The van der Waals surface area contributed by atoms with E-state index >= 15 is 0 Å². The van der Waals surface area contributed by atoms with E-state index in [0.29, 0.717) is 6.54 Å². The van der Waals surface area contributed by atoms with E-state index in [1.165, 1.54) is 0 Å². The molecule has 22 heavy (non-hydrogen) atoms. The van der Waals surface area contributed by atoms with E-state index in [-0.39, 0.29) is 17.9 Å². The molecule has 4 rings (SSSR count). The number of carbonyl (C=O) groups is 2. The Hall–Kier alpha value is -2.30. The summed E-state index contributed by atoms with van der Waals surface area (Å²) in [5.41, 5.74) is 0.905. The first-order valence-electron chi connectivity index (χ1n) is 7.70. The molecule has 2 amide bonds. The van der Waals surface area contributed by atoms with Crippen molar-refractivity contribution in [2.75, 3.05) is 13.6 Å². The summed E-state index contributed by atoms with van der Waals surface area (Å²) in [6.07, 6.45) is 3.54. The Morgan fingerprint density at radius 1 is 1.27 bits per heavy atom. The number of benzene rings is 1. The predicted molar refractivity (Wildman–Crippen MR) is 83.2 cm³/mol. The van der Waals surface area contributed by atoms with Crippen LogP contribution in [0.5, 0.6) is 0 Å². The lowest BCUT2D eigenvalue weighted by atomic mass is 9.85. The third-order valence-electron chi connectivity index (χ3n) is 5.33. The van der Waals surface area contributed by atoms with Gasteiger partial charge >= 0.3 is 0 Å². The van der Waals surface area contributed by atoms with Crippen LogP contribution >= 0.6 is 0 Å². The molecule has 2 aliphatic heterocycles. The minimum atomic E-state index is -0.947. The minimum Gasteiger partial charge on any atom is -0.361 e. The fraction of sp³-hybridized carbons (Fsp3) is 0.412. The van der Waals surface area contributed by atoms with Gasteiger partial charge in [-0.25, -0.2) is 0 Å². The number of H-pyrrole nitrogens is 1. The van der Waals surface area contributed by atoms with Crippen LogP contribution in [0.4, 0.5) is 0 Å². The Morgan fingerprint density at radius 3 is 2.86 bits per heavy atom. The molecule has 0 spiro atoms. The van der Waals surface area contributed by atoms with Crippen LogP contribution in [-0.2, 0) is 15.1 Å². The second-order valence-electron chi connectivity index (χ2n) is 6.37. The van der Waals surface area contributed by atoms with Gasteiger partial charge in [0.1, 0.15) is 11.6 Å². The molecule has 3 heterocycles. The second-order valence-corrected chi connectivity index (χ2v) is 6.37. The highest BCUT2D eigenvalue weighted by molar-refractivity contribution is 6.03. The lowest BCUT2D eigenvalue weighted by molar-refractivity contribution is -0.166. The Kier molecular flexibility index (Phi) is 2.64. The lowest BCUT2D eigenvalue weighted by Gasteiger charge is -2.47. The zero-order valence-electron chi connectivity index (χ0n) is 12.8. The zero-order chi connectivity index (χ0) is 15.5. The van der Waals surface area contributed by atoms with E-state index in [0.717, 1.165) is 29.3 Å². The van der Waals surface area contributed by atoms with Crippen molar-refractivity contribution in [1.82, 2.24) is 14.8 Å². The molecule has 114 valence electrons. The summed E-state index contributed by atoms with van der Waals surface area (Å²) in [5, 5.41) is 0.996. The third-order valence-corrected chi connectivity index (χ3v) is 5.33. The van der Waals surface area contributed by atoms with Gasteiger partial charge in [0.25, 0.3) is 5.91 Å². The number of nitrogens with zero attached hydrogens (tertiary/aromatic N) is 2. The van der Waals surface area contributed by atoms with Gasteiger partial charge in [0.15, 0.2) is 0 Å². The van der Waals surface area contributed by atoms with Crippen LogP contribution in [0.15, 0.2) is 30.5 Å². The highest BCUT2D eigenvalue weighted by atomic mass is 16.2. The molecule has 1 N–H and O–H groups in total. The van der Waals surface area contributed by atoms with Crippen LogP contribution in [0.2, 0.25) is 0 Å². The van der Waals surface area contributed by atoms with Crippen LogP contribution in [0.3, 0.4) is 0 Å². The smallest absolute Gasteiger partial charge is 0.253 e. The predicted octanol–water partition coefficient (Wildman–Crippen LogP) is 1.85. The van der Waals surface area contributed by atoms with Crippen molar-refractivity contribution in [3.05, 3.63) is 36.0 Å². The number of nitrogens with one attached hydrogen (secondary N) is 1. The SMILES string of the molecule is CN1C(=O)[C@@H]2CCCN2C(=O)[C@]1(C)c1c[nH]c2ccccc12. The molecule has 2 fully saturated rings. The van der Waals surface area contributed by atoms with E-state index in [1.54, 1.807) is 16.8 Å². The van der Waals surface area contributed by atoms with Gasteiger partial charge < -0.3 is 14.8 Å². The molecule has 2 aromatic rings.